The van der Waals surface area contributed by atoms with Crippen molar-refractivity contribution in [3.05, 3.63) is 237 Å². The second-order valence-electron chi connectivity index (χ2n) is 15.2. The van der Waals surface area contributed by atoms with Crippen LogP contribution in [0.1, 0.15) is 0 Å². The lowest BCUT2D eigenvalue weighted by atomic mass is 9.89. The molecule has 0 unspecified atom stereocenters. The lowest BCUT2D eigenvalue weighted by Gasteiger charge is -2.26. The van der Waals surface area contributed by atoms with Gasteiger partial charge in [0, 0.05) is 22.1 Å². The quantitative estimate of drug-likeness (QED) is 0.153. The number of fused-ring (bicyclic) bond motifs is 4. The molecule has 0 spiro atoms. The second-order valence-corrected chi connectivity index (χ2v) is 15.2. The largest absolute Gasteiger partial charge is 0.454 e. The number of benzene rings is 10. The summed E-state index contributed by atoms with van der Waals surface area (Å²) in [5.74, 6) is 0. The molecule has 0 fully saturated rings. The van der Waals surface area contributed by atoms with E-state index in [1.54, 1.807) is 0 Å². The molecule has 2 nitrogen and oxygen atoms in total. The van der Waals surface area contributed by atoms with Crippen molar-refractivity contribution in [1.29, 1.82) is 0 Å². The molecule has 0 amide bonds. The molecule has 282 valence electrons. The lowest BCUT2D eigenvalue weighted by Crippen LogP contribution is -2.10. The van der Waals surface area contributed by atoms with Crippen LogP contribution >= 0.6 is 0 Å². The monoisotopic (exact) mass is 765 g/mol. The standard InChI is InChI=1S/C58H39NO/c1-3-15-41(16-4-1)48-25-13-19-45-39-44(33-38-51(45)48)40-29-34-46(35-30-40)59(56-27-14-26-55-54-24-11-12-28-57(54)60-58(55)56)47-36-31-43(32-37-47)50-21-8-10-23-53(50)52-22-9-7-20-49(52)42-17-5-2-6-18-42/h1-39H. The van der Waals surface area contributed by atoms with Crippen LogP contribution in [0.25, 0.3) is 88.3 Å². The fourth-order valence-electron chi connectivity index (χ4n) is 8.82. The molecule has 1 heterocycles. The summed E-state index contributed by atoms with van der Waals surface area (Å²) in [5.41, 5.74) is 16.8. The van der Waals surface area contributed by atoms with E-state index in [0.717, 1.165) is 50.1 Å². The van der Waals surface area contributed by atoms with Crippen molar-refractivity contribution in [2.45, 2.75) is 0 Å². The first-order chi connectivity index (χ1) is 29.8. The molecule has 0 aliphatic heterocycles. The Morgan fingerprint density at radius 3 is 1.43 bits per heavy atom. The summed E-state index contributed by atoms with van der Waals surface area (Å²) in [4.78, 5) is 2.32. The molecular formula is C58H39NO. The van der Waals surface area contributed by atoms with Crippen LogP contribution in [-0.2, 0) is 0 Å². The van der Waals surface area contributed by atoms with E-state index in [9.17, 15) is 0 Å². The van der Waals surface area contributed by atoms with Crippen molar-refractivity contribution in [3.8, 4) is 55.6 Å². The normalized spacial score (nSPS) is 11.3. The number of rotatable bonds is 8. The van der Waals surface area contributed by atoms with Gasteiger partial charge in [-0.3, -0.25) is 0 Å². The zero-order valence-electron chi connectivity index (χ0n) is 32.9. The van der Waals surface area contributed by atoms with E-state index < -0.39 is 0 Å². The SMILES string of the molecule is c1ccc(-c2ccccc2-c2ccccc2-c2ccc(N(c3ccc(-c4ccc5c(-c6ccccc6)cccc5c4)cc3)c3cccc4c3oc3ccccc34)cc2)cc1. The molecule has 2 heteroatoms. The summed E-state index contributed by atoms with van der Waals surface area (Å²) in [6, 6.07) is 84.7. The van der Waals surface area contributed by atoms with Gasteiger partial charge < -0.3 is 9.32 Å². The topological polar surface area (TPSA) is 16.4 Å². The van der Waals surface area contributed by atoms with Gasteiger partial charge in [-0.1, -0.05) is 194 Å². The van der Waals surface area contributed by atoms with Crippen molar-refractivity contribution >= 4 is 49.8 Å². The van der Waals surface area contributed by atoms with Gasteiger partial charge in [-0.25, -0.2) is 0 Å². The summed E-state index contributed by atoms with van der Waals surface area (Å²) in [6.07, 6.45) is 0. The Kier molecular flexibility index (Phi) is 8.87. The molecule has 0 saturated heterocycles. The van der Waals surface area contributed by atoms with E-state index in [1.165, 1.54) is 55.3 Å². The Morgan fingerprint density at radius 1 is 0.283 bits per heavy atom. The smallest absolute Gasteiger partial charge is 0.159 e. The number of nitrogens with zero attached hydrogens (tertiary/aromatic N) is 1. The minimum Gasteiger partial charge on any atom is -0.454 e. The number of para-hydroxylation sites is 2. The number of hydrogen-bond donors (Lipinski definition) is 0. The summed E-state index contributed by atoms with van der Waals surface area (Å²) < 4.78 is 6.65. The maximum Gasteiger partial charge on any atom is 0.159 e. The molecule has 0 saturated carbocycles. The highest BCUT2D eigenvalue weighted by molar-refractivity contribution is 6.10. The van der Waals surface area contributed by atoms with Gasteiger partial charge in [0.25, 0.3) is 0 Å². The summed E-state index contributed by atoms with van der Waals surface area (Å²) in [6.45, 7) is 0. The maximum atomic E-state index is 6.65. The van der Waals surface area contributed by atoms with Crippen molar-refractivity contribution < 1.29 is 4.42 Å². The first kappa shape index (κ1) is 35.2. The Labute approximate surface area is 349 Å². The van der Waals surface area contributed by atoms with E-state index >= 15 is 0 Å². The van der Waals surface area contributed by atoms with Crippen LogP contribution in [0.5, 0.6) is 0 Å². The van der Waals surface area contributed by atoms with Gasteiger partial charge in [0.05, 0.1) is 5.69 Å². The first-order valence-electron chi connectivity index (χ1n) is 20.5. The number of furan rings is 1. The van der Waals surface area contributed by atoms with Gasteiger partial charge in [-0.05, 0) is 109 Å². The van der Waals surface area contributed by atoms with E-state index in [1.807, 2.05) is 12.1 Å². The Balaban J connectivity index is 1.000. The minimum absolute atomic E-state index is 0.860. The van der Waals surface area contributed by atoms with E-state index in [4.69, 9.17) is 4.42 Å². The summed E-state index contributed by atoms with van der Waals surface area (Å²) >= 11 is 0. The molecule has 0 aliphatic carbocycles. The van der Waals surface area contributed by atoms with E-state index in [-0.39, 0.29) is 0 Å². The van der Waals surface area contributed by atoms with Gasteiger partial charge in [0.2, 0.25) is 0 Å². The summed E-state index contributed by atoms with van der Waals surface area (Å²) in [7, 11) is 0. The van der Waals surface area contributed by atoms with Crippen LogP contribution in [0.4, 0.5) is 17.1 Å². The predicted octanol–water partition coefficient (Wildman–Crippen LogP) is 16.5. The minimum atomic E-state index is 0.860. The van der Waals surface area contributed by atoms with Gasteiger partial charge in [0.1, 0.15) is 5.58 Å². The lowest BCUT2D eigenvalue weighted by molar-refractivity contribution is 0.669. The Hall–Kier alpha value is -7.94. The molecule has 0 bridgehead atoms. The zero-order chi connectivity index (χ0) is 39.8. The Bertz CT molecular complexity index is 3290. The summed E-state index contributed by atoms with van der Waals surface area (Å²) in [5, 5.41) is 4.68. The Morgan fingerprint density at radius 2 is 0.767 bits per heavy atom. The van der Waals surface area contributed by atoms with Gasteiger partial charge in [-0.15, -0.1) is 0 Å². The molecule has 0 aliphatic rings. The third kappa shape index (κ3) is 6.32. The molecule has 0 atom stereocenters. The van der Waals surface area contributed by atoms with Gasteiger partial charge >= 0.3 is 0 Å². The molecule has 11 aromatic rings. The van der Waals surface area contributed by atoms with Crippen LogP contribution in [0, 0.1) is 0 Å². The predicted molar refractivity (Wildman–Crippen MR) is 253 cm³/mol. The van der Waals surface area contributed by atoms with Crippen molar-refractivity contribution in [2.24, 2.45) is 0 Å². The zero-order valence-corrected chi connectivity index (χ0v) is 32.9. The number of hydrogen-bond acceptors (Lipinski definition) is 2. The molecule has 60 heavy (non-hydrogen) atoms. The third-order valence-electron chi connectivity index (χ3n) is 11.7. The van der Waals surface area contributed by atoms with Crippen LogP contribution in [0.3, 0.4) is 0 Å². The van der Waals surface area contributed by atoms with Gasteiger partial charge in [-0.2, -0.15) is 0 Å². The fraction of sp³-hybridized carbons (Fsp3) is 0. The maximum absolute atomic E-state index is 6.65. The molecule has 1 aromatic heterocycles. The molecular weight excluding hydrogens is 727 g/mol. The highest BCUT2D eigenvalue weighted by Crippen LogP contribution is 2.44. The average Bonchev–Trinajstić information content (AvgIpc) is 3.72. The molecule has 0 N–H and O–H groups in total. The highest BCUT2D eigenvalue weighted by atomic mass is 16.3. The van der Waals surface area contributed by atoms with Gasteiger partial charge in [0.15, 0.2) is 5.58 Å². The van der Waals surface area contributed by atoms with Crippen LogP contribution in [0.15, 0.2) is 241 Å². The molecule has 0 radical (unpaired) electrons. The third-order valence-corrected chi connectivity index (χ3v) is 11.7. The van der Waals surface area contributed by atoms with Crippen LogP contribution < -0.4 is 4.90 Å². The van der Waals surface area contributed by atoms with E-state index in [2.05, 4.69) is 229 Å². The molecule has 11 rings (SSSR count). The fourth-order valence-corrected chi connectivity index (χ4v) is 8.82. The second kappa shape index (κ2) is 15.1. The van der Waals surface area contributed by atoms with Crippen molar-refractivity contribution in [2.75, 3.05) is 4.90 Å². The van der Waals surface area contributed by atoms with Crippen molar-refractivity contribution in [3.63, 3.8) is 0 Å². The van der Waals surface area contributed by atoms with E-state index in [0.29, 0.717) is 0 Å². The molecule has 10 aromatic carbocycles. The highest BCUT2D eigenvalue weighted by Gasteiger charge is 2.20. The first-order valence-corrected chi connectivity index (χ1v) is 20.5. The average molecular weight is 766 g/mol. The van der Waals surface area contributed by atoms with Crippen LogP contribution in [0.2, 0.25) is 0 Å². The number of anilines is 3. The van der Waals surface area contributed by atoms with Crippen molar-refractivity contribution in [1.82, 2.24) is 0 Å². The van der Waals surface area contributed by atoms with Crippen LogP contribution in [-0.4, -0.2) is 0 Å².